The number of aromatic nitrogens is 1. The standard InChI is InChI=1S/C20H23N3O2S/c1-3-25-14-7-6-13-9-15-17(21)18(26-19(15)22-16(13)10-14)20(24)23-8-4-5-12(2)11-23/h6-7,9-10,12H,3-5,8,11,21H2,1-2H3. The van der Waals surface area contributed by atoms with E-state index in [1.807, 2.05) is 36.1 Å². The molecule has 1 unspecified atom stereocenters. The third kappa shape index (κ3) is 2.98. The van der Waals surface area contributed by atoms with Crippen molar-refractivity contribution in [3.05, 3.63) is 29.1 Å². The fraction of sp³-hybridized carbons (Fsp3) is 0.400. The van der Waals surface area contributed by atoms with Crippen LogP contribution in [0.4, 0.5) is 5.69 Å². The predicted octanol–water partition coefficient (Wildman–Crippen LogP) is 4.30. The van der Waals surface area contributed by atoms with Gasteiger partial charge in [0.25, 0.3) is 5.91 Å². The van der Waals surface area contributed by atoms with Gasteiger partial charge in [-0.05, 0) is 43.9 Å². The second kappa shape index (κ2) is 6.76. The van der Waals surface area contributed by atoms with Gasteiger partial charge < -0.3 is 15.4 Å². The van der Waals surface area contributed by atoms with E-state index in [9.17, 15) is 4.79 Å². The van der Waals surface area contributed by atoms with Gasteiger partial charge in [0.05, 0.1) is 17.8 Å². The smallest absolute Gasteiger partial charge is 0.266 e. The molecule has 2 aromatic heterocycles. The zero-order valence-electron chi connectivity index (χ0n) is 15.1. The number of carbonyl (C=O) groups is 1. The van der Waals surface area contributed by atoms with Crippen molar-refractivity contribution < 1.29 is 9.53 Å². The number of benzene rings is 1. The number of hydrogen-bond donors (Lipinski definition) is 1. The van der Waals surface area contributed by atoms with Crippen molar-refractivity contribution in [2.24, 2.45) is 5.92 Å². The van der Waals surface area contributed by atoms with Gasteiger partial charge >= 0.3 is 0 Å². The molecule has 5 nitrogen and oxygen atoms in total. The van der Waals surface area contributed by atoms with Gasteiger partial charge in [-0.15, -0.1) is 11.3 Å². The summed E-state index contributed by atoms with van der Waals surface area (Å²) in [5, 5.41) is 1.86. The average Bonchev–Trinajstić information content (AvgIpc) is 2.95. The fourth-order valence-electron chi connectivity index (χ4n) is 3.61. The van der Waals surface area contributed by atoms with Crippen LogP contribution in [0, 0.1) is 5.92 Å². The van der Waals surface area contributed by atoms with Crippen LogP contribution in [0.25, 0.3) is 21.1 Å². The Labute approximate surface area is 156 Å². The van der Waals surface area contributed by atoms with Crippen LogP contribution in [0.2, 0.25) is 0 Å². The Hall–Kier alpha value is -2.34. The van der Waals surface area contributed by atoms with Crippen molar-refractivity contribution >= 4 is 44.1 Å². The molecule has 3 heterocycles. The fourth-order valence-corrected chi connectivity index (χ4v) is 4.66. The highest BCUT2D eigenvalue weighted by atomic mass is 32.1. The second-order valence-corrected chi connectivity index (χ2v) is 7.97. The quantitative estimate of drug-likeness (QED) is 0.747. The van der Waals surface area contributed by atoms with Crippen LogP contribution in [-0.4, -0.2) is 35.5 Å². The first kappa shape index (κ1) is 17.1. The van der Waals surface area contributed by atoms with Gasteiger partial charge in [-0.1, -0.05) is 6.92 Å². The SMILES string of the molecule is CCOc1ccc2cc3c(N)c(C(=O)N4CCCC(C)C4)sc3nc2c1. The highest BCUT2D eigenvalue weighted by Gasteiger charge is 2.26. The van der Waals surface area contributed by atoms with Crippen LogP contribution >= 0.6 is 11.3 Å². The Morgan fingerprint density at radius 1 is 1.42 bits per heavy atom. The van der Waals surface area contributed by atoms with E-state index in [1.165, 1.54) is 17.8 Å². The number of likely N-dealkylation sites (tertiary alicyclic amines) is 1. The van der Waals surface area contributed by atoms with E-state index in [1.54, 1.807) is 0 Å². The Kier molecular flexibility index (Phi) is 4.44. The summed E-state index contributed by atoms with van der Waals surface area (Å²) in [5.74, 6) is 1.38. The van der Waals surface area contributed by atoms with Crippen LogP contribution < -0.4 is 10.5 Å². The molecule has 1 atom stereocenters. The molecule has 0 aliphatic carbocycles. The van der Waals surface area contributed by atoms with E-state index < -0.39 is 0 Å². The van der Waals surface area contributed by atoms with Crippen LogP contribution in [0.3, 0.4) is 0 Å². The van der Waals surface area contributed by atoms with E-state index in [-0.39, 0.29) is 5.91 Å². The van der Waals surface area contributed by atoms with Crippen molar-refractivity contribution in [1.29, 1.82) is 0 Å². The summed E-state index contributed by atoms with van der Waals surface area (Å²) < 4.78 is 5.56. The maximum Gasteiger partial charge on any atom is 0.266 e. The minimum absolute atomic E-state index is 0.0381. The lowest BCUT2D eigenvalue weighted by Crippen LogP contribution is -2.38. The number of anilines is 1. The van der Waals surface area contributed by atoms with Gasteiger partial charge in [0.15, 0.2) is 0 Å². The summed E-state index contributed by atoms with van der Waals surface area (Å²) in [6.07, 6.45) is 2.24. The number of ether oxygens (including phenoxy) is 1. The Bertz CT molecular complexity index is 982. The molecule has 3 aromatic rings. The number of hydrogen-bond acceptors (Lipinski definition) is 5. The minimum Gasteiger partial charge on any atom is -0.494 e. The lowest BCUT2D eigenvalue weighted by molar-refractivity contribution is 0.0689. The first-order valence-corrected chi connectivity index (χ1v) is 9.93. The molecular formula is C20H23N3O2S. The van der Waals surface area contributed by atoms with Gasteiger partial charge in [-0.3, -0.25) is 4.79 Å². The molecular weight excluding hydrogens is 346 g/mol. The molecule has 1 saturated heterocycles. The number of nitrogens with zero attached hydrogens (tertiary/aromatic N) is 2. The monoisotopic (exact) mass is 369 g/mol. The second-order valence-electron chi connectivity index (χ2n) is 6.97. The molecule has 6 heteroatoms. The van der Waals surface area contributed by atoms with E-state index in [4.69, 9.17) is 15.5 Å². The largest absolute Gasteiger partial charge is 0.494 e. The molecule has 1 amide bonds. The number of amides is 1. The highest BCUT2D eigenvalue weighted by Crippen LogP contribution is 2.36. The third-order valence-corrected chi connectivity index (χ3v) is 6.04. The Balaban J connectivity index is 1.75. The number of nitrogen functional groups attached to an aromatic ring is 1. The van der Waals surface area contributed by atoms with E-state index in [0.29, 0.717) is 23.1 Å². The first-order valence-electron chi connectivity index (χ1n) is 9.11. The third-order valence-electron chi connectivity index (χ3n) is 4.94. The predicted molar refractivity (Wildman–Crippen MR) is 107 cm³/mol. The van der Waals surface area contributed by atoms with Gasteiger partial charge in [0, 0.05) is 29.9 Å². The molecule has 2 N–H and O–H groups in total. The summed E-state index contributed by atoms with van der Waals surface area (Å²) in [4.78, 5) is 21.1. The van der Waals surface area contributed by atoms with E-state index in [0.717, 1.165) is 46.4 Å². The number of fused-ring (bicyclic) bond motifs is 2. The van der Waals surface area contributed by atoms with Crippen molar-refractivity contribution in [3.63, 3.8) is 0 Å². The van der Waals surface area contributed by atoms with Gasteiger partial charge in [-0.25, -0.2) is 4.98 Å². The minimum atomic E-state index is 0.0381. The van der Waals surface area contributed by atoms with Crippen LogP contribution in [0.1, 0.15) is 36.4 Å². The summed E-state index contributed by atoms with van der Waals surface area (Å²) in [6, 6.07) is 7.87. The summed E-state index contributed by atoms with van der Waals surface area (Å²) in [5.41, 5.74) is 7.76. The topological polar surface area (TPSA) is 68.5 Å². The zero-order chi connectivity index (χ0) is 18.3. The molecule has 1 aliphatic rings. The van der Waals surface area contributed by atoms with Gasteiger partial charge in [-0.2, -0.15) is 0 Å². The lowest BCUT2D eigenvalue weighted by Gasteiger charge is -2.30. The van der Waals surface area contributed by atoms with Gasteiger partial charge in [0.1, 0.15) is 15.5 Å². The lowest BCUT2D eigenvalue weighted by atomic mass is 10.00. The highest BCUT2D eigenvalue weighted by molar-refractivity contribution is 7.21. The Morgan fingerprint density at radius 3 is 3.04 bits per heavy atom. The summed E-state index contributed by atoms with van der Waals surface area (Å²) >= 11 is 1.39. The molecule has 1 aliphatic heterocycles. The molecule has 1 fully saturated rings. The number of thiophene rings is 1. The Morgan fingerprint density at radius 2 is 2.27 bits per heavy atom. The summed E-state index contributed by atoms with van der Waals surface area (Å²) in [7, 11) is 0. The van der Waals surface area contributed by atoms with Crippen molar-refractivity contribution in [1.82, 2.24) is 9.88 Å². The number of nitrogens with two attached hydrogens (primary N) is 1. The maximum atomic E-state index is 13.0. The molecule has 0 spiro atoms. The van der Waals surface area contributed by atoms with Crippen LogP contribution in [0.5, 0.6) is 5.75 Å². The summed E-state index contributed by atoms with van der Waals surface area (Å²) in [6.45, 7) is 6.38. The number of pyridine rings is 1. The van der Waals surface area contributed by atoms with Crippen molar-refractivity contribution in [2.75, 3.05) is 25.4 Å². The number of piperidine rings is 1. The molecule has 0 radical (unpaired) electrons. The first-order chi connectivity index (χ1) is 12.6. The van der Waals surface area contributed by atoms with E-state index >= 15 is 0 Å². The molecule has 0 saturated carbocycles. The number of rotatable bonds is 3. The molecule has 136 valence electrons. The van der Waals surface area contributed by atoms with Crippen molar-refractivity contribution in [2.45, 2.75) is 26.7 Å². The van der Waals surface area contributed by atoms with Crippen LogP contribution in [-0.2, 0) is 0 Å². The number of carbonyl (C=O) groups excluding carboxylic acids is 1. The maximum absolute atomic E-state index is 13.0. The molecule has 0 bridgehead atoms. The zero-order valence-corrected chi connectivity index (χ0v) is 15.9. The molecule has 4 rings (SSSR count). The molecule has 1 aromatic carbocycles. The van der Waals surface area contributed by atoms with Gasteiger partial charge in [0.2, 0.25) is 0 Å². The van der Waals surface area contributed by atoms with E-state index in [2.05, 4.69) is 6.92 Å². The molecule has 26 heavy (non-hydrogen) atoms. The van der Waals surface area contributed by atoms with Crippen molar-refractivity contribution in [3.8, 4) is 5.75 Å². The normalized spacial score (nSPS) is 17.8. The average molecular weight is 369 g/mol. The van der Waals surface area contributed by atoms with Crippen LogP contribution in [0.15, 0.2) is 24.3 Å².